The Hall–Kier alpha value is -1.73. The Bertz CT molecular complexity index is 385. The molecule has 92 valence electrons. The monoisotopic (exact) mass is 234 g/mol. The number of nitrogens with zero attached hydrogens (tertiary/aromatic N) is 1. The van der Waals surface area contributed by atoms with Crippen LogP contribution < -0.4 is 15.2 Å². The standard InChI is InChI=1S/C13H18N2O2/c1-16-12-5-6-13(11(9-12)10-15)17-8-4-2-3-7-14/h5-6,9H,2-4,8,10,15H2,1H3. The quantitative estimate of drug-likeness (QED) is 0.734. The molecule has 0 aliphatic heterocycles. The van der Waals surface area contributed by atoms with Crippen LogP contribution in [-0.2, 0) is 6.54 Å². The molecule has 0 radical (unpaired) electrons. The first-order chi connectivity index (χ1) is 8.31. The fraction of sp³-hybridized carbons (Fsp3) is 0.462. The molecule has 17 heavy (non-hydrogen) atoms. The van der Waals surface area contributed by atoms with Crippen LogP contribution in [-0.4, -0.2) is 13.7 Å². The molecule has 4 heteroatoms. The molecule has 0 bridgehead atoms. The number of nitriles is 1. The van der Waals surface area contributed by atoms with Gasteiger partial charge in [0.1, 0.15) is 11.5 Å². The average molecular weight is 234 g/mol. The Morgan fingerprint density at radius 1 is 1.35 bits per heavy atom. The SMILES string of the molecule is COc1ccc(OCCCCC#N)c(CN)c1. The molecule has 0 atom stereocenters. The van der Waals surface area contributed by atoms with Gasteiger partial charge in [0.2, 0.25) is 0 Å². The molecule has 0 saturated heterocycles. The summed E-state index contributed by atoms with van der Waals surface area (Å²) in [5.41, 5.74) is 6.58. The Balaban J connectivity index is 2.50. The second kappa shape index (κ2) is 7.53. The van der Waals surface area contributed by atoms with Gasteiger partial charge in [-0.2, -0.15) is 5.26 Å². The van der Waals surface area contributed by atoms with Crippen molar-refractivity contribution in [2.45, 2.75) is 25.8 Å². The summed E-state index contributed by atoms with van der Waals surface area (Å²) in [7, 11) is 1.62. The van der Waals surface area contributed by atoms with Gasteiger partial charge < -0.3 is 15.2 Å². The number of unbranched alkanes of at least 4 members (excludes halogenated alkanes) is 2. The number of ether oxygens (including phenoxy) is 2. The first-order valence-electron chi connectivity index (χ1n) is 5.68. The van der Waals surface area contributed by atoms with E-state index in [9.17, 15) is 0 Å². The fourth-order valence-electron chi connectivity index (χ4n) is 1.47. The summed E-state index contributed by atoms with van der Waals surface area (Å²) < 4.78 is 10.8. The molecule has 0 saturated carbocycles. The van der Waals surface area contributed by atoms with Gasteiger partial charge in [-0.1, -0.05) is 0 Å². The largest absolute Gasteiger partial charge is 0.497 e. The molecule has 1 aromatic carbocycles. The lowest BCUT2D eigenvalue weighted by Crippen LogP contribution is -2.04. The van der Waals surface area contributed by atoms with E-state index in [1.165, 1.54) is 0 Å². The summed E-state index contributed by atoms with van der Waals surface area (Å²) in [6.07, 6.45) is 2.32. The highest BCUT2D eigenvalue weighted by atomic mass is 16.5. The van der Waals surface area contributed by atoms with Crippen molar-refractivity contribution in [1.82, 2.24) is 0 Å². The van der Waals surface area contributed by atoms with Gasteiger partial charge in [-0.05, 0) is 31.0 Å². The molecule has 1 aromatic rings. The summed E-state index contributed by atoms with van der Waals surface area (Å²) in [5.74, 6) is 1.58. The van der Waals surface area contributed by atoms with Gasteiger partial charge in [0, 0.05) is 18.5 Å². The highest BCUT2D eigenvalue weighted by Gasteiger charge is 2.04. The smallest absolute Gasteiger partial charge is 0.124 e. The molecular weight excluding hydrogens is 216 g/mol. The van der Waals surface area contributed by atoms with Crippen LogP contribution in [0.25, 0.3) is 0 Å². The number of methoxy groups -OCH3 is 1. The molecule has 4 nitrogen and oxygen atoms in total. The maximum absolute atomic E-state index is 8.40. The second-order valence-corrected chi connectivity index (χ2v) is 3.64. The van der Waals surface area contributed by atoms with Crippen LogP contribution in [0.3, 0.4) is 0 Å². The van der Waals surface area contributed by atoms with E-state index in [0.29, 0.717) is 19.6 Å². The second-order valence-electron chi connectivity index (χ2n) is 3.64. The lowest BCUT2D eigenvalue weighted by atomic mass is 10.2. The molecule has 0 aliphatic rings. The van der Waals surface area contributed by atoms with Crippen LogP contribution in [0.15, 0.2) is 18.2 Å². The van der Waals surface area contributed by atoms with Crippen LogP contribution in [0.4, 0.5) is 0 Å². The molecule has 0 aromatic heterocycles. The maximum atomic E-state index is 8.40. The minimum atomic E-state index is 0.421. The van der Waals surface area contributed by atoms with Gasteiger partial charge in [0.15, 0.2) is 0 Å². The van der Waals surface area contributed by atoms with Gasteiger partial charge in [-0.25, -0.2) is 0 Å². The number of hydrogen-bond donors (Lipinski definition) is 1. The first kappa shape index (κ1) is 13.3. The minimum absolute atomic E-state index is 0.421. The molecule has 0 amide bonds. The molecule has 0 aliphatic carbocycles. The summed E-state index contributed by atoms with van der Waals surface area (Å²) in [4.78, 5) is 0. The van der Waals surface area contributed by atoms with Gasteiger partial charge in [0.05, 0.1) is 19.8 Å². The zero-order valence-electron chi connectivity index (χ0n) is 10.1. The Morgan fingerprint density at radius 3 is 2.82 bits per heavy atom. The Labute approximate surface area is 102 Å². The van der Waals surface area contributed by atoms with Crippen molar-refractivity contribution in [3.63, 3.8) is 0 Å². The van der Waals surface area contributed by atoms with Crippen LogP contribution in [0.5, 0.6) is 11.5 Å². The molecule has 0 unspecified atom stereocenters. The van der Waals surface area contributed by atoms with Gasteiger partial charge in [-0.15, -0.1) is 0 Å². The van der Waals surface area contributed by atoms with Crippen molar-refractivity contribution in [1.29, 1.82) is 5.26 Å². The van der Waals surface area contributed by atoms with Crippen LogP contribution >= 0.6 is 0 Å². The molecule has 2 N–H and O–H groups in total. The normalized spacial score (nSPS) is 9.71. The van der Waals surface area contributed by atoms with Gasteiger partial charge in [-0.3, -0.25) is 0 Å². The van der Waals surface area contributed by atoms with Crippen molar-refractivity contribution in [3.8, 4) is 17.6 Å². The summed E-state index contributed by atoms with van der Waals surface area (Å²) >= 11 is 0. The van der Waals surface area contributed by atoms with Crippen molar-refractivity contribution in [3.05, 3.63) is 23.8 Å². The van der Waals surface area contributed by atoms with E-state index in [1.54, 1.807) is 7.11 Å². The zero-order valence-corrected chi connectivity index (χ0v) is 10.1. The van der Waals surface area contributed by atoms with Crippen molar-refractivity contribution in [2.75, 3.05) is 13.7 Å². The zero-order chi connectivity index (χ0) is 12.5. The van der Waals surface area contributed by atoms with Crippen LogP contribution in [0.1, 0.15) is 24.8 Å². The summed E-state index contributed by atoms with van der Waals surface area (Å²) in [6, 6.07) is 7.71. The molecular formula is C13H18N2O2. The topological polar surface area (TPSA) is 68.3 Å². The lowest BCUT2D eigenvalue weighted by molar-refractivity contribution is 0.304. The first-order valence-corrected chi connectivity index (χ1v) is 5.68. The van der Waals surface area contributed by atoms with Crippen molar-refractivity contribution < 1.29 is 9.47 Å². The Morgan fingerprint density at radius 2 is 2.18 bits per heavy atom. The van der Waals surface area contributed by atoms with Gasteiger partial charge in [0.25, 0.3) is 0 Å². The predicted molar refractivity (Wildman–Crippen MR) is 65.8 cm³/mol. The van der Waals surface area contributed by atoms with E-state index in [4.69, 9.17) is 20.5 Å². The van der Waals surface area contributed by atoms with E-state index >= 15 is 0 Å². The third-order valence-electron chi connectivity index (χ3n) is 2.43. The average Bonchev–Trinajstić information content (AvgIpc) is 2.38. The molecule has 0 spiro atoms. The molecule has 0 fully saturated rings. The van der Waals surface area contributed by atoms with Gasteiger partial charge >= 0.3 is 0 Å². The fourth-order valence-corrected chi connectivity index (χ4v) is 1.47. The van der Waals surface area contributed by atoms with E-state index in [-0.39, 0.29) is 0 Å². The van der Waals surface area contributed by atoms with Crippen LogP contribution in [0, 0.1) is 11.3 Å². The minimum Gasteiger partial charge on any atom is -0.497 e. The lowest BCUT2D eigenvalue weighted by Gasteiger charge is -2.11. The summed E-state index contributed by atoms with van der Waals surface area (Å²) in [5, 5.41) is 8.40. The van der Waals surface area contributed by atoms with E-state index in [2.05, 4.69) is 6.07 Å². The molecule has 0 heterocycles. The third kappa shape index (κ3) is 4.33. The molecule has 1 rings (SSSR count). The number of rotatable bonds is 7. The van der Waals surface area contributed by atoms with E-state index in [0.717, 1.165) is 29.9 Å². The number of nitrogens with two attached hydrogens (primary N) is 1. The third-order valence-corrected chi connectivity index (χ3v) is 2.43. The summed E-state index contributed by atoms with van der Waals surface area (Å²) in [6.45, 7) is 1.03. The van der Waals surface area contributed by atoms with Crippen LogP contribution in [0.2, 0.25) is 0 Å². The van der Waals surface area contributed by atoms with Crippen molar-refractivity contribution >= 4 is 0 Å². The predicted octanol–water partition coefficient (Wildman–Crippen LogP) is 2.23. The van der Waals surface area contributed by atoms with E-state index < -0.39 is 0 Å². The highest BCUT2D eigenvalue weighted by molar-refractivity contribution is 5.40. The Kier molecular flexibility index (Phi) is 5.91. The van der Waals surface area contributed by atoms with E-state index in [1.807, 2.05) is 18.2 Å². The maximum Gasteiger partial charge on any atom is 0.124 e. The number of benzene rings is 1. The highest BCUT2D eigenvalue weighted by Crippen LogP contribution is 2.23. The van der Waals surface area contributed by atoms with Crippen molar-refractivity contribution in [2.24, 2.45) is 5.73 Å². The number of hydrogen-bond acceptors (Lipinski definition) is 4.